The number of aryl methyl sites for hydroxylation is 1. The Morgan fingerprint density at radius 3 is 2.32 bits per heavy atom. The number of sulfonamides is 1. The second-order valence-electron chi connectivity index (χ2n) is 9.84. The molecule has 38 heavy (non-hydrogen) atoms. The number of nitrogens with one attached hydrogen (secondary N) is 1. The number of methoxy groups -OCH3 is 2. The minimum absolute atomic E-state index is 0.0916. The van der Waals surface area contributed by atoms with E-state index in [9.17, 15) is 18.0 Å². The van der Waals surface area contributed by atoms with E-state index in [2.05, 4.69) is 5.32 Å². The Labute approximate surface area is 226 Å². The summed E-state index contributed by atoms with van der Waals surface area (Å²) in [5.41, 5.74) is 2.14. The molecule has 1 fully saturated rings. The summed E-state index contributed by atoms with van der Waals surface area (Å²) in [5, 5.41) is 3.10. The van der Waals surface area contributed by atoms with Gasteiger partial charge in [0.25, 0.3) is 0 Å². The second kappa shape index (κ2) is 13.0. The van der Waals surface area contributed by atoms with Crippen LogP contribution >= 0.6 is 0 Å². The van der Waals surface area contributed by atoms with Crippen molar-refractivity contribution in [1.29, 1.82) is 0 Å². The third-order valence-corrected chi connectivity index (χ3v) is 8.03. The summed E-state index contributed by atoms with van der Waals surface area (Å²) in [5.74, 6) is 0.0426. The van der Waals surface area contributed by atoms with E-state index in [1.165, 1.54) is 25.2 Å². The van der Waals surface area contributed by atoms with Crippen molar-refractivity contribution in [3.63, 3.8) is 0 Å². The Bertz CT molecular complexity index is 1230. The molecule has 0 saturated heterocycles. The Kier molecular flexibility index (Phi) is 10.0. The van der Waals surface area contributed by atoms with Crippen molar-refractivity contribution in [3.8, 4) is 11.5 Å². The van der Waals surface area contributed by atoms with Gasteiger partial charge < -0.3 is 19.7 Å². The summed E-state index contributed by atoms with van der Waals surface area (Å²) in [6, 6.07) is 11.6. The third kappa shape index (κ3) is 7.63. The molecule has 2 aromatic carbocycles. The predicted molar refractivity (Wildman–Crippen MR) is 148 cm³/mol. The molecule has 10 heteroatoms. The average Bonchev–Trinajstić information content (AvgIpc) is 2.89. The molecule has 0 aromatic heterocycles. The molecule has 1 N–H and O–H groups in total. The summed E-state index contributed by atoms with van der Waals surface area (Å²) >= 11 is 0. The lowest BCUT2D eigenvalue weighted by Crippen LogP contribution is -2.53. The highest BCUT2D eigenvalue weighted by Gasteiger charge is 2.31. The van der Waals surface area contributed by atoms with Gasteiger partial charge in [0.05, 0.1) is 26.2 Å². The number of amides is 2. The molecule has 1 atom stereocenters. The van der Waals surface area contributed by atoms with Gasteiger partial charge in [-0.1, -0.05) is 49.1 Å². The summed E-state index contributed by atoms with van der Waals surface area (Å²) in [6.07, 6.45) is 6.19. The van der Waals surface area contributed by atoms with Gasteiger partial charge in [-0.3, -0.25) is 13.9 Å². The number of hydrogen-bond acceptors (Lipinski definition) is 6. The minimum atomic E-state index is -3.85. The van der Waals surface area contributed by atoms with Crippen LogP contribution in [0.1, 0.15) is 50.2 Å². The molecule has 1 unspecified atom stereocenters. The first-order chi connectivity index (χ1) is 18.0. The molecule has 0 heterocycles. The molecule has 2 amide bonds. The Hall–Kier alpha value is -3.27. The van der Waals surface area contributed by atoms with E-state index >= 15 is 0 Å². The SMILES string of the molecule is COc1ccc(N(CC(=O)N(Cc2cccc(C)c2)C(C)C(=O)NC2CCCCC2)S(C)(=O)=O)cc1OC. The second-order valence-corrected chi connectivity index (χ2v) is 11.7. The van der Waals surface area contributed by atoms with Gasteiger partial charge in [-0.2, -0.15) is 0 Å². The lowest BCUT2D eigenvalue weighted by Gasteiger charge is -2.33. The molecule has 9 nitrogen and oxygen atoms in total. The van der Waals surface area contributed by atoms with Gasteiger partial charge in [-0.25, -0.2) is 8.42 Å². The maximum Gasteiger partial charge on any atom is 0.244 e. The van der Waals surface area contributed by atoms with Crippen LogP contribution in [0.3, 0.4) is 0 Å². The maximum absolute atomic E-state index is 13.8. The molecule has 2 aromatic rings. The standard InChI is InChI=1S/C28H39N3O6S/c1-20-10-9-11-22(16-20)18-30(21(2)28(33)29-23-12-7-6-8-13-23)27(32)19-31(38(5,34)35)24-14-15-25(36-3)26(17-24)37-4/h9-11,14-17,21,23H,6-8,12-13,18-19H2,1-5H3,(H,29,33). The molecule has 3 rings (SSSR count). The zero-order valence-corrected chi connectivity index (χ0v) is 23.7. The van der Waals surface area contributed by atoms with Crippen LogP contribution in [0, 0.1) is 6.92 Å². The number of carbonyl (C=O) groups excluding carboxylic acids is 2. The van der Waals surface area contributed by atoms with Crippen LogP contribution in [0.25, 0.3) is 0 Å². The quantitative estimate of drug-likeness (QED) is 0.462. The van der Waals surface area contributed by atoms with Gasteiger partial charge in [0, 0.05) is 18.7 Å². The summed E-state index contributed by atoms with van der Waals surface area (Å²) in [4.78, 5) is 28.5. The summed E-state index contributed by atoms with van der Waals surface area (Å²) < 4.78 is 37.2. The molecule has 1 aliphatic carbocycles. The minimum Gasteiger partial charge on any atom is -0.493 e. The average molecular weight is 546 g/mol. The largest absolute Gasteiger partial charge is 0.493 e. The summed E-state index contributed by atoms with van der Waals surface area (Å²) in [7, 11) is -0.914. The molecular formula is C28H39N3O6S. The molecule has 0 aliphatic heterocycles. The smallest absolute Gasteiger partial charge is 0.244 e. The van der Waals surface area contributed by atoms with Crippen molar-refractivity contribution in [2.45, 2.75) is 64.6 Å². The Morgan fingerprint density at radius 1 is 1.03 bits per heavy atom. The molecule has 0 spiro atoms. The number of hydrogen-bond donors (Lipinski definition) is 1. The van der Waals surface area contributed by atoms with Crippen molar-refractivity contribution >= 4 is 27.5 Å². The number of benzene rings is 2. The van der Waals surface area contributed by atoms with Crippen molar-refractivity contribution in [2.75, 3.05) is 31.3 Å². The van der Waals surface area contributed by atoms with E-state index in [-0.39, 0.29) is 24.2 Å². The van der Waals surface area contributed by atoms with Crippen molar-refractivity contribution in [2.24, 2.45) is 0 Å². The van der Waals surface area contributed by atoms with E-state index in [0.717, 1.165) is 53.8 Å². The van der Waals surface area contributed by atoms with Crippen LogP contribution in [-0.2, 0) is 26.2 Å². The molecule has 208 valence electrons. The first-order valence-corrected chi connectivity index (χ1v) is 14.7. The zero-order chi connectivity index (χ0) is 27.9. The van der Waals surface area contributed by atoms with Crippen molar-refractivity contribution < 1.29 is 27.5 Å². The van der Waals surface area contributed by atoms with Crippen molar-refractivity contribution in [1.82, 2.24) is 10.2 Å². The van der Waals surface area contributed by atoms with Crippen molar-refractivity contribution in [3.05, 3.63) is 53.6 Å². The van der Waals surface area contributed by atoms with Gasteiger partial charge in [0.2, 0.25) is 21.8 Å². The van der Waals surface area contributed by atoms with Gasteiger partial charge in [-0.15, -0.1) is 0 Å². The lowest BCUT2D eigenvalue weighted by atomic mass is 9.95. The van der Waals surface area contributed by atoms with E-state index in [0.29, 0.717) is 11.5 Å². The van der Waals surface area contributed by atoms with Gasteiger partial charge in [0.1, 0.15) is 12.6 Å². The Balaban J connectivity index is 1.90. The van der Waals surface area contributed by atoms with Gasteiger partial charge in [-0.05, 0) is 44.4 Å². The molecule has 1 saturated carbocycles. The van der Waals surface area contributed by atoms with Crippen LogP contribution in [0.5, 0.6) is 11.5 Å². The third-order valence-electron chi connectivity index (χ3n) is 6.89. The topological polar surface area (TPSA) is 105 Å². The fourth-order valence-corrected chi connectivity index (χ4v) is 5.59. The predicted octanol–water partition coefficient (Wildman–Crippen LogP) is 3.64. The van der Waals surface area contributed by atoms with E-state index in [1.54, 1.807) is 19.1 Å². The fourth-order valence-electron chi connectivity index (χ4n) is 4.75. The first-order valence-electron chi connectivity index (χ1n) is 12.9. The van der Waals surface area contributed by atoms with Crippen LogP contribution in [0.2, 0.25) is 0 Å². The van der Waals surface area contributed by atoms with Crippen LogP contribution < -0.4 is 19.1 Å². The number of anilines is 1. The van der Waals surface area contributed by atoms with E-state index in [4.69, 9.17) is 9.47 Å². The monoisotopic (exact) mass is 545 g/mol. The zero-order valence-electron chi connectivity index (χ0n) is 22.9. The highest BCUT2D eigenvalue weighted by Crippen LogP contribution is 2.32. The van der Waals surface area contributed by atoms with Crippen LogP contribution in [-0.4, -0.2) is 64.2 Å². The summed E-state index contributed by atoms with van der Waals surface area (Å²) in [6.45, 7) is 3.34. The maximum atomic E-state index is 13.8. The highest BCUT2D eigenvalue weighted by molar-refractivity contribution is 7.92. The molecule has 0 bridgehead atoms. The first kappa shape index (κ1) is 29.3. The van der Waals surface area contributed by atoms with Crippen LogP contribution in [0.4, 0.5) is 5.69 Å². The number of rotatable bonds is 11. The van der Waals surface area contributed by atoms with E-state index < -0.39 is 28.5 Å². The van der Waals surface area contributed by atoms with Gasteiger partial charge >= 0.3 is 0 Å². The number of nitrogens with zero attached hydrogens (tertiary/aromatic N) is 2. The fraction of sp³-hybridized carbons (Fsp3) is 0.500. The van der Waals surface area contributed by atoms with Gasteiger partial charge in [0.15, 0.2) is 11.5 Å². The molecule has 0 radical (unpaired) electrons. The Morgan fingerprint density at radius 2 is 1.71 bits per heavy atom. The van der Waals surface area contributed by atoms with E-state index in [1.807, 2.05) is 31.2 Å². The number of ether oxygens (including phenoxy) is 2. The highest BCUT2D eigenvalue weighted by atomic mass is 32.2. The number of carbonyl (C=O) groups is 2. The molecular weight excluding hydrogens is 506 g/mol. The normalized spacial score (nSPS) is 14.9. The lowest BCUT2D eigenvalue weighted by molar-refractivity contribution is -0.139. The van der Waals surface area contributed by atoms with Crippen LogP contribution in [0.15, 0.2) is 42.5 Å². The molecule has 1 aliphatic rings.